The highest BCUT2D eigenvalue weighted by molar-refractivity contribution is 9.10. The summed E-state index contributed by atoms with van der Waals surface area (Å²) >= 11 is 3.28. The fourth-order valence-electron chi connectivity index (χ4n) is 1.83. The highest BCUT2D eigenvalue weighted by atomic mass is 79.9. The largest absolute Gasteiger partial charge is 0.478 e. The van der Waals surface area contributed by atoms with Crippen LogP contribution in [0.25, 0.3) is 0 Å². The molecule has 0 heterocycles. The highest BCUT2D eigenvalue weighted by Crippen LogP contribution is 2.18. The molecule has 0 saturated heterocycles. The van der Waals surface area contributed by atoms with Gasteiger partial charge >= 0.3 is 5.97 Å². The van der Waals surface area contributed by atoms with Crippen molar-refractivity contribution in [3.8, 4) is 0 Å². The predicted molar refractivity (Wildman–Crippen MR) is 83.1 cm³/mol. The van der Waals surface area contributed by atoms with E-state index in [-0.39, 0.29) is 18.0 Å². The first-order chi connectivity index (χ1) is 9.97. The van der Waals surface area contributed by atoms with Gasteiger partial charge in [0, 0.05) is 16.7 Å². The molecule has 0 bridgehead atoms. The Kier molecular flexibility index (Phi) is 4.59. The van der Waals surface area contributed by atoms with Crippen LogP contribution in [-0.4, -0.2) is 17.0 Å². The number of carbonyl (C=O) groups is 2. The fourth-order valence-corrected chi connectivity index (χ4v) is 2.21. The molecule has 108 valence electrons. The predicted octanol–water partition coefficient (Wildman–Crippen LogP) is 2.66. The van der Waals surface area contributed by atoms with E-state index in [4.69, 9.17) is 10.8 Å². The van der Waals surface area contributed by atoms with Crippen molar-refractivity contribution in [3.63, 3.8) is 0 Å². The minimum Gasteiger partial charge on any atom is -0.478 e. The SMILES string of the molecule is Nc1cc(Br)ccc1C(=O)NCc1cccc(C(=O)O)c1. The van der Waals surface area contributed by atoms with Crippen LogP contribution in [-0.2, 0) is 6.54 Å². The smallest absolute Gasteiger partial charge is 0.335 e. The van der Waals surface area contributed by atoms with E-state index >= 15 is 0 Å². The van der Waals surface area contributed by atoms with Gasteiger partial charge in [0.2, 0.25) is 0 Å². The lowest BCUT2D eigenvalue weighted by Gasteiger charge is -2.08. The van der Waals surface area contributed by atoms with Crippen LogP contribution >= 0.6 is 15.9 Å². The molecule has 2 aromatic rings. The van der Waals surface area contributed by atoms with E-state index in [1.807, 2.05) is 0 Å². The standard InChI is InChI=1S/C15H13BrN2O3/c16-11-4-5-12(13(17)7-11)14(19)18-8-9-2-1-3-10(6-9)15(20)21/h1-7H,8,17H2,(H,18,19)(H,20,21). The summed E-state index contributed by atoms with van der Waals surface area (Å²) in [5.41, 5.74) is 7.44. The van der Waals surface area contributed by atoms with Gasteiger partial charge in [-0.15, -0.1) is 0 Å². The first kappa shape index (κ1) is 15.1. The molecule has 5 nitrogen and oxygen atoms in total. The molecule has 0 aliphatic rings. The van der Waals surface area contributed by atoms with Gasteiger partial charge in [0.1, 0.15) is 0 Å². The summed E-state index contributed by atoms with van der Waals surface area (Å²) in [5, 5.41) is 11.6. The third-order valence-corrected chi connectivity index (χ3v) is 3.38. The fraction of sp³-hybridized carbons (Fsp3) is 0.0667. The second-order valence-electron chi connectivity index (χ2n) is 4.42. The maximum atomic E-state index is 12.0. The number of benzene rings is 2. The molecule has 4 N–H and O–H groups in total. The Balaban J connectivity index is 2.07. The summed E-state index contributed by atoms with van der Waals surface area (Å²) in [7, 11) is 0. The van der Waals surface area contributed by atoms with E-state index in [1.54, 1.807) is 30.3 Å². The van der Waals surface area contributed by atoms with Gasteiger partial charge in [-0.25, -0.2) is 4.79 Å². The molecule has 0 aliphatic carbocycles. The summed E-state index contributed by atoms with van der Waals surface area (Å²) in [6, 6.07) is 11.4. The zero-order chi connectivity index (χ0) is 15.4. The van der Waals surface area contributed by atoms with Crippen LogP contribution in [0, 0.1) is 0 Å². The van der Waals surface area contributed by atoms with Crippen molar-refractivity contribution >= 4 is 33.5 Å². The van der Waals surface area contributed by atoms with Crippen molar-refractivity contribution in [3.05, 3.63) is 63.6 Å². The molecule has 6 heteroatoms. The number of amides is 1. The van der Waals surface area contributed by atoms with Crippen LogP contribution in [0.4, 0.5) is 5.69 Å². The third kappa shape index (κ3) is 3.82. The highest BCUT2D eigenvalue weighted by Gasteiger charge is 2.10. The molecule has 21 heavy (non-hydrogen) atoms. The van der Waals surface area contributed by atoms with Gasteiger partial charge in [-0.2, -0.15) is 0 Å². The number of rotatable bonds is 4. The Morgan fingerprint density at radius 3 is 2.62 bits per heavy atom. The van der Waals surface area contributed by atoms with Crippen LogP contribution < -0.4 is 11.1 Å². The van der Waals surface area contributed by atoms with Gasteiger partial charge in [0.25, 0.3) is 5.91 Å². The van der Waals surface area contributed by atoms with Gasteiger partial charge in [-0.1, -0.05) is 28.1 Å². The zero-order valence-electron chi connectivity index (χ0n) is 11.0. The Morgan fingerprint density at radius 1 is 1.19 bits per heavy atom. The summed E-state index contributed by atoms with van der Waals surface area (Å²) in [4.78, 5) is 22.9. The number of nitrogens with two attached hydrogens (primary N) is 1. The van der Waals surface area contributed by atoms with E-state index in [2.05, 4.69) is 21.2 Å². The lowest BCUT2D eigenvalue weighted by molar-refractivity contribution is 0.0696. The topological polar surface area (TPSA) is 92.4 Å². The molecule has 1 amide bonds. The van der Waals surface area contributed by atoms with Crippen LogP contribution in [0.3, 0.4) is 0 Å². The van der Waals surface area contributed by atoms with E-state index < -0.39 is 5.97 Å². The molecule has 0 aliphatic heterocycles. The summed E-state index contributed by atoms with van der Waals surface area (Å²) in [6.07, 6.45) is 0. The average molecular weight is 349 g/mol. The van der Waals surface area contributed by atoms with Gasteiger partial charge in [0.05, 0.1) is 11.1 Å². The summed E-state index contributed by atoms with van der Waals surface area (Å²) in [5.74, 6) is -1.30. The molecule has 0 spiro atoms. The first-order valence-electron chi connectivity index (χ1n) is 6.13. The monoisotopic (exact) mass is 348 g/mol. The second kappa shape index (κ2) is 6.41. The lowest BCUT2D eigenvalue weighted by atomic mass is 10.1. The quantitative estimate of drug-likeness (QED) is 0.740. The van der Waals surface area contributed by atoms with Crippen molar-refractivity contribution in [2.24, 2.45) is 0 Å². The van der Waals surface area contributed by atoms with Crippen LogP contribution in [0.5, 0.6) is 0 Å². The van der Waals surface area contributed by atoms with Gasteiger partial charge < -0.3 is 16.2 Å². The molecule has 0 fully saturated rings. The number of carboxylic acids is 1. The molecular formula is C15H13BrN2O3. The number of hydrogen-bond acceptors (Lipinski definition) is 3. The normalized spacial score (nSPS) is 10.1. The van der Waals surface area contributed by atoms with Gasteiger partial charge in [-0.05, 0) is 35.9 Å². The Labute approximate surface area is 129 Å². The maximum absolute atomic E-state index is 12.0. The maximum Gasteiger partial charge on any atom is 0.335 e. The zero-order valence-corrected chi connectivity index (χ0v) is 12.6. The van der Waals surface area contributed by atoms with Gasteiger partial charge in [0.15, 0.2) is 0 Å². The minimum absolute atomic E-state index is 0.185. The number of nitrogen functional groups attached to an aromatic ring is 1. The van der Waals surface area contributed by atoms with Crippen molar-refractivity contribution in [1.29, 1.82) is 0 Å². The first-order valence-corrected chi connectivity index (χ1v) is 6.92. The number of hydrogen-bond donors (Lipinski definition) is 3. The van der Waals surface area contributed by atoms with E-state index in [0.29, 0.717) is 16.8 Å². The third-order valence-electron chi connectivity index (χ3n) is 2.89. The molecule has 0 radical (unpaired) electrons. The summed E-state index contributed by atoms with van der Waals surface area (Å²) < 4.78 is 0.797. The van der Waals surface area contributed by atoms with Crippen LogP contribution in [0.15, 0.2) is 46.9 Å². The lowest BCUT2D eigenvalue weighted by Crippen LogP contribution is -2.23. The van der Waals surface area contributed by atoms with Crippen LogP contribution in [0.2, 0.25) is 0 Å². The Morgan fingerprint density at radius 2 is 1.95 bits per heavy atom. The van der Waals surface area contributed by atoms with E-state index in [1.165, 1.54) is 12.1 Å². The molecule has 2 aromatic carbocycles. The molecule has 0 unspecified atom stereocenters. The van der Waals surface area contributed by atoms with Crippen LogP contribution in [0.1, 0.15) is 26.3 Å². The number of aromatic carboxylic acids is 1. The minimum atomic E-state index is -1.000. The average Bonchev–Trinajstić information content (AvgIpc) is 2.45. The molecule has 0 atom stereocenters. The molecule has 0 saturated carbocycles. The number of carbonyl (C=O) groups excluding carboxylic acids is 1. The van der Waals surface area contributed by atoms with E-state index in [9.17, 15) is 9.59 Å². The van der Waals surface area contributed by atoms with Crippen molar-refractivity contribution in [1.82, 2.24) is 5.32 Å². The van der Waals surface area contributed by atoms with Gasteiger partial charge in [-0.3, -0.25) is 4.79 Å². The number of anilines is 1. The summed E-state index contributed by atoms with van der Waals surface area (Å²) in [6.45, 7) is 0.232. The second-order valence-corrected chi connectivity index (χ2v) is 5.34. The molecule has 0 aromatic heterocycles. The van der Waals surface area contributed by atoms with Crippen molar-refractivity contribution in [2.75, 3.05) is 5.73 Å². The number of nitrogens with one attached hydrogen (secondary N) is 1. The van der Waals surface area contributed by atoms with E-state index in [0.717, 1.165) is 4.47 Å². The Bertz CT molecular complexity index is 701. The molecular weight excluding hydrogens is 336 g/mol. The number of halogens is 1. The number of carboxylic acid groups (broad SMARTS) is 1. The Hall–Kier alpha value is -2.34. The van der Waals surface area contributed by atoms with Crippen molar-refractivity contribution < 1.29 is 14.7 Å². The molecule has 2 rings (SSSR count). The van der Waals surface area contributed by atoms with Crippen molar-refractivity contribution in [2.45, 2.75) is 6.54 Å².